The summed E-state index contributed by atoms with van der Waals surface area (Å²) in [6, 6.07) is 0. The van der Waals surface area contributed by atoms with Gasteiger partial charge in [-0.25, -0.2) is 9.13 Å². The third-order valence-corrected chi connectivity index (χ3v) is 23.9. The van der Waals surface area contributed by atoms with Crippen molar-refractivity contribution in [2.75, 3.05) is 39.6 Å². The Kier molecular flexibility index (Phi) is 80.4. The van der Waals surface area contributed by atoms with E-state index in [2.05, 4.69) is 48.5 Å². The van der Waals surface area contributed by atoms with Crippen LogP contribution in [-0.2, 0) is 65.4 Å². The molecule has 19 heteroatoms. The molecule has 0 aliphatic rings. The van der Waals surface area contributed by atoms with Crippen LogP contribution in [0.2, 0.25) is 0 Å². The third-order valence-electron chi connectivity index (χ3n) is 22.0. The number of hydrogen-bond donors (Lipinski definition) is 3. The van der Waals surface area contributed by atoms with E-state index in [1.54, 1.807) is 0 Å². The number of phosphoric acid groups is 2. The van der Waals surface area contributed by atoms with Gasteiger partial charge in [0.2, 0.25) is 0 Å². The molecule has 0 aromatic heterocycles. The summed E-state index contributed by atoms with van der Waals surface area (Å²) in [4.78, 5) is 73.4. The van der Waals surface area contributed by atoms with E-state index >= 15 is 0 Å². The van der Waals surface area contributed by atoms with Crippen LogP contribution in [0.3, 0.4) is 0 Å². The fourth-order valence-electron chi connectivity index (χ4n) is 14.4. The van der Waals surface area contributed by atoms with E-state index in [9.17, 15) is 43.2 Å². The highest BCUT2D eigenvalue weighted by atomic mass is 31.2. The first-order valence-electron chi connectivity index (χ1n) is 47.4. The zero-order chi connectivity index (χ0) is 81.5. The summed E-state index contributed by atoms with van der Waals surface area (Å²) in [5, 5.41) is 10.7. The summed E-state index contributed by atoms with van der Waals surface area (Å²) >= 11 is 0. The second-order valence-corrected chi connectivity index (χ2v) is 37.2. The monoisotopic (exact) mass is 1620 g/mol. The number of aliphatic hydroxyl groups excluding tert-OH is 1. The highest BCUT2D eigenvalue weighted by molar-refractivity contribution is 7.47. The molecule has 0 rings (SSSR count). The molecule has 0 spiro atoms. The van der Waals surface area contributed by atoms with Crippen LogP contribution < -0.4 is 0 Å². The van der Waals surface area contributed by atoms with Gasteiger partial charge >= 0.3 is 39.5 Å². The van der Waals surface area contributed by atoms with Crippen molar-refractivity contribution in [1.82, 2.24) is 0 Å². The van der Waals surface area contributed by atoms with Crippen molar-refractivity contribution >= 4 is 39.5 Å². The van der Waals surface area contributed by atoms with Gasteiger partial charge in [0, 0.05) is 25.7 Å². The number of hydrogen-bond acceptors (Lipinski definition) is 15. The molecule has 3 N–H and O–H groups in total. The standard InChI is InChI=1S/C92H180O17P2/c1-8-10-11-12-13-14-35-45-52-59-66-73-89(94)102-79-87(108-92(97)76-69-62-55-48-41-34-28-27-31-38-44-51-58-65-72-85(7)9-2)81-106-110(98,99)104-77-86(93)78-105-111(100,101)107-82-88(109-91(96)75-68-61-54-47-40-33-26-22-18-16-20-24-30-37-43-50-57-64-71-84(5)6)80-103-90(95)74-67-60-53-46-39-32-25-21-17-15-19-23-29-36-42-49-56-63-70-83(3)4/h83-88,93H,8-82H2,1-7H3,(H,98,99)(H,100,101)/t85?,86-,87+,88+/m0/s1. The summed E-state index contributed by atoms with van der Waals surface area (Å²) in [6.45, 7) is 12.1. The van der Waals surface area contributed by atoms with Crippen LogP contribution in [0.15, 0.2) is 0 Å². The van der Waals surface area contributed by atoms with E-state index in [0.717, 1.165) is 108 Å². The molecule has 0 amide bonds. The molecular weight excluding hydrogens is 1440 g/mol. The largest absolute Gasteiger partial charge is 0.472 e. The topological polar surface area (TPSA) is 237 Å². The summed E-state index contributed by atoms with van der Waals surface area (Å²) in [7, 11) is -9.94. The maximum atomic E-state index is 13.2. The van der Waals surface area contributed by atoms with Gasteiger partial charge in [-0.3, -0.25) is 37.3 Å². The van der Waals surface area contributed by atoms with E-state index in [4.69, 9.17) is 37.0 Å². The average Bonchev–Trinajstić information content (AvgIpc) is 0.900. The molecule has 0 saturated carbocycles. The maximum absolute atomic E-state index is 13.2. The molecule has 0 aliphatic heterocycles. The first-order chi connectivity index (χ1) is 53.8. The van der Waals surface area contributed by atoms with E-state index in [1.165, 1.54) is 302 Å². The van der Waals surface area contributed by atoms with Gasteiger partial charge in [0.15, 0.2) is 12.2 Å². The molecule has 0 bridgehead atoms. The van der Waals surface area contributed by atoms with Gasteiger partial charge in [-0.1, -0.05) is 440 Å². The minimum absolute atomic E-state index is 0.108. The molecule has 0 heterocycles. The highest BCUT2D eigenvalue weighted by Crippen LogP contribution is 2.45. The Labute approximate surface area is 683 Å². The Morgan fingerprint density at radius 2 is 0.459 bits per heavy atom. The van der Waals surface area contributed by atoms with Gasteiger partial charge in [-0.15, -0.1) is 0 Å². The van der Waals surface area contributed by atoms with Crippen LogP contribution in [-0.4, -0.2) is 96.7 Å². The second kappa shape index (κ2) is 81.8. The quantitative estimate of drug-likeness (QED) is 0.0222. The van der Waals surface area contributed by atoms with E-state index < -0.39 is 97.5 Å². The molecule has 0 aromatic rings. The van der Waals surface area contributed by atoms with Crippen molar-refractivity contribution in [3.05, 3.63) is 0 Å². The Bertz CT molecular complexity index is 2130. The number of ether oxygens (including phenoxy) is 4. The van der Waals surface area contributed by atoms with Crippen LogP contribution in [0, 0.1) is 17.8 Å². The predicted molar refractivity (Wildman–Crippen MR) is 460 cm³/mol. The lowest BCUT2D eigenvalue weighted by molar-refractivity contribution is -0.161. The smallest absolute Gasteiger partial charge is 0.462 e. The average molecular weight is 1620 g/mol. The van der Waals surface area contributed by atoms with Crippen molar-refractivity contribution in [1.29, 1.82) is 0 Å². The third kappa shape index (κ3) is 84.3. The van der Waals surface area contributed by atoms with Gasteiger partial charge < -0.3 is 33.8 Å². The summed E-state index contributed by atoms with van der Waals surface area (Å²) in [5.74, 6) is 0.393. The van der Waals surface area contributed by atoms with Gasteiger partial charge in [0.05, 0.1) is 26.4 Å². The summed E-state index contributed by atoms with van der Waals surface area (Å²) in [5.41, 5.74) is 0. The van der Waals surface area contributed by atoms with E-state index in [0.29, 0.717) is 25.7 Å². The van der Waals surface area contributed by atoms with Gasteiger partial charge in [-0.2, -0.15) is 0 Å². The Morgan fingerprint density at radius 3 is 0.685 bits per heavy atom. The second-order valence-electron chi connectivity index (χ2n) is 34.2. The zero-order valence-corrected chi connectivity index (χ0v) is 75.2. The molecule has 6 atom stereocenters. The first-order valence-corrected chi connectivity index (χ1v) is 50.4. The normalized spacial score (nSPS) is 14.0. The number of aliphatic hydroxyl groups is 1. The summed E-state index contributed by atoms with van der Waals surface area (Å²) < 4.78 is 69.1. The van der Waals surface area contributed by atoms with Crippen molar-refractivity contribution in [2.24, 2.45) is 17.8 Å². The van der Waals surface area contributed by atoms with Gasteiger partial charge in [-0.05, 0) is 43.4 Å². The summed E-state index contributed by atoms with van der Waals surface area (Å²) in [6.07, 6.45) is 75.0. The van der Waals surface area contributed by atoms with Crippen LogP contribution in [0.1, 0.15) is 492 Å². The Balaban J connectivity index is 5.23. The van der Waals surface area contributed by atoms with E-state index in [-0.39, 0.29) is 25.7 Å². The van der Waals surface area contributed by atoms with E-state index in [1.807, 2.05) is 0 Å². The SMILES string of the molecule is CCCCCCCCCCCCCC(=O)OC[C@H](COP(=O)(O)OC[C@H](O)COP(=O)(O)OC[C@@H](COC(=O)CCCCCCCCCCCCCCCCCCCCC(C)C)OC(=O)CCCCCCCCCCCCCCCCCCCCC(C)C)OC(=O)CCCCCCCCCCCCCCCCC(C)CC. The molecule has 0 aliphatic carbocycles. The highest BCUT2D eigenvalue weighted by Gasteiger charge is 2.31. The Hall–Kier alpha value is -1.94. The van der Waals surface area contributed by atoms with Gasteiger partial charge in [0.25, 0.3) is 0 Å². The van der Waals surface area contributed by atoms with Crippen molar-refractivity contribution < 1.29 is 80.2 Å². The van der Waals surface area contributed by atoms with Crippen molar-refractivity contribution in [2.45, 2.75) is 510 Å². The number of rotatable bonds is 90. The fourth-order valence-corrected chi connectivity index (χ4v) is 16.0. The molecule has 3 unspecified atom stereocenters. The van der Waals surface area contributed by atoms with Crippen LogP contribution in [0.5, 0.6) is 0 Å². The first kappa shape index (κ1) is 109. The number of esters is 4. The lowest BCUT2D eigenvalue weighted by Gasteiger charge is -2.21. The number of unbranched alkanes of at least 4 members (excludes halogenated alkanes) is 57. The molecule has 111 heavy (non-hydrogen) atoms. The van der Waals surface area contributed by atoms with Crippen LogP contribution in [0.25, 0.3) is 0 Å². The lowest BCUT2D eigenvalue weighted by atomic mass is 9.99. The molecule has 660 valence electrons. The number of carbonyl (C=O) groups excluding carboxylic acids is 4. The van der Waals surface area contributed by atoms with Crippen LogP contribution in [0.4, 0.5) is 0 Å². The minimum atomic E-state index is -4.97. The fraction of sp³-hybridized carbons (Fsp3) is 0.957. The molecule has 0 fully saturated rings. The van der Waals surface area contributed by atoms with Crippen LogP contribution >= 0.6 is 15.6 Å². The maximum Gasteiger partial charge on any atom is 0.472 e. The number of phosphoric ester groups is 2. The van der Waals surface area contributed by atoms with Crippen molar-refractivity contribution in [3.63, 3.8) is 0 Å². The predicted octanol–water partition coefficient (Wildman–Crippen LogP) is 28.4. The Morgan fingerprint density at radius 1 is 0.261 bits per heavy atom. The molecule has 0 saturated heterocycles. The number of carbonyl (C=O) groups is 4. The molecular formula is C92H180O17P2. The van der Waals surface area contributed by atoms with Crippen molar-refractivity contribution in [3.8, 4) is 0 Å². The minimum Gasteiger partial charge on any atom is -0.462 e. The zero-order valence-electron chi connectivity index (χ0n) is 73.4. The lowest BCUT2D eigenvalue weighted by Crippen LogP contribution is -2.30. The molecule has 0 aromatic carbocycles. The van der Waals surface area contributed by atoms with Gasteiger partial charge in [0.1, 0.15) is 19.3 Å². The molecule has 0 radical (unpaired) electrons. The molecule has 17 nitrogen and oxygen atoms in total.